The number of carboxylic acid groups (broad SMARTS) is 2. The minimum Gasteiger partial charge on any atom is -0.481 e. The summed E-state index contributed by atoms with van der Waals surface area (Å²) >= 11 is 0. The Morgan fingerprint density at radius 1 is 1.26 bits per heavy atom. The minimum absolute atomic E-state index is 0.0547. The summed E-state index contributed by atoms with van der Waals surface area (Å²) in [6.45, 7) is 4.30. The quantitative estimate of drug-likeness (QED) is 0.439. The lowest BCUT2D eigenvalue weighted by atomic mass is 9.85. The molecule has 2 atom stereocenters. The van der Waals surface area contributed by atoms with Crippen LogP contribution in [0.5, 0.6) is 0 Å². The third-order valence-electron chi connectivity index (χ3n) is 3.16. The molecule has 0 aromatic carbocycles. The first-order chi connectivity index (χ1) is 8.97. The predicted molar refractivity (Wildman–Crippen MR) is 66.5 cm³/mol. The lowest BCUT2D eigenvalue weighted by molar-refractivity contribution is -0.159. The van der Waals surface area contributed by atoms with E-state index in [1.54, 1.807) is 6.08 Å². The summed E-state index contributed by atoms with van der Waals surface area (Å²) in [7, 11) is 0. The molecule has 1 rings (SSSR count). The van der Waals surface area contributed by atoms with Crippen LogP contribution in [0.1, 0.15) is 6.42 Å². The zero-order chi connectivity index (χ0) is 14.4. The number of carbonyl (C=O) groups excluding carboxylic acids is 1. The van der Waals surface area contributed by atoms with Gasteiger partial charge in [-0.2, -0.15) is 0 Å². The molecule has 1 aliphatic rings. The maximum Gasteiger partial charge on any atom is 0.309 e. The number of nitrogens with zero attached hydrogens (tertiary/aromatic N) is 1. The van der Waals surface area contributed by atoms with Crippen molar-refractivity contribution in [1.29, 1.82) is 0 Å². The molecule has 0 spiro atoms. The Hall–Kier alpha value is -1.89. The van der Waals surface area contributed by atoms with Gasteiger partial charge in [-0.15, -0.1) is 6.58 Å². The number of nitrogens with one attached hydrogen (secondary N) is 1. The smallest absolute Gasteiger partial charge is 0.309 e. The van der Waals surface area contributed by atoms with Crippen molar-refractivity contribution in [2.75, 3.05) is 26.2 Å². The van der Waals surface area contributed by atoms with Crippen LogP contribution in [-0.2, 0) is 14.4 Å². The summed E-state index contributed by atoms with van der Waals surface area (Å²) in [4.78, 5) is 35.2. The van der Waals surface area contributed by atoms with Crippen LogP contribution in [0.3, 0.4) is 0 Å². The van der Waals surface area contributed by atoms with Gasteiger partial charge in [-0.1, -0.05) is 6.08 Å². The van der Waals surface area contributed by atoms with E-state index in [0.29, 0.717) is 6.54 Å². The van der Waals surface area contributed by atoms with Gasteiger partial charge in [0.25, 0.3) is 0 Å². The first-order valence-electron chi connectivity index (χ1n) is 6.02. The Balaban J connectivity index is 2.60. The topological polar surface area (TPSA) is 107 Å². The third-order valence-corrected chi connectivity index (χ3v) is 3.16. The molecule has 0 saturated carbocycles. The van der Waals surface area contributed by atoms with Gasteiger partial charge in [-0.05, 0) is 6.42 Å². The highest BCUT2D eigenvalue weighted by atomic mass is 16.4. The average molecular weight is 270 g/mol. The maximum absolute atomic E-state index is 11.8. The second-order valence-electron chi connectivity index (χ2n) is 4.44. The van der Waals surface area contributed by atoms with Crippen LogP contribution in [0.4, 0.5) is 0 Å². The van der Waals surface area contributed by atoms with E-state index < -0.39 is 23.8 Å². The summed E-state index contributed by atoms with van der Waals surface area (Å²) in [5, 5.41) is 20.8. The zero-order valence-corrected chi connectivity index (χ0v) is 10.5. The van der Waals surface area contributed by atoms with Gasteiger partial charge in [-0.3, -0.25) is 14.4 Å². The van der Waals surface area contributed by atoms with Gasteiger partial charge >= 0.3 is 11.9 Å². The second-order valence-corrected chi connectivity index (χ2v) is 4.44. The molecule has 1 fully saturated rings. The number of hydrogen-bond donors (Lipinski definition) is 3. The molecule has 0 bridgehead atoms. The molecule has 7 nitrogen and oxygen atoms in total. The van der Waals surface area contributed by atoms with Crippen molar-refractivity contribution >= 4 is 17.8 Å². The fraction of sp³-hybridized carbons (Fsp3) is 0.583. The summed E-state index contributed by atoms with van der Waals surface area (Å²) in [5.74, 6) is -4.50. The summed E-state index contributed by atoms with van der Waals surface area (Å²) in [6, 6.07) is 0. The van der Waals surface area contributed by atoms with Crippen LogP contribution in [0.2, 0.25) is 0 Å². The summed E-state index contributed by atoms with van der Waals surface area (Å²) < 4.78 is 0. The molecule has 106 valence electrons. The van der Waals surface area contributed by atoms with Crippen molar-refractivity contribution in [1.82, 2.24) is 10.2 Å². The molecule has 2 unspecified atom stereocenters. The van der Waals surface area contributed by atoms with Gasteiger partial charge in [0, 0.05) is 19.6 Å². The number of likely N-dealkylation sites (tertiary alicyclic amines) is 1. The standard InChI is InChI=1S/C12H18N2O5/c1-2-4-13-6-10(15)14-5-3-8(11(16)17)9(7-14)12(18)19/h2,8-9,13H,1,3-7H2,(H,16,17)(H,18,19). The van der Waals surface area contributed by atoms with E-state index in [2.05, 4.69) is 11.9 Å². The van der Waals surface area contributed by atoms with E-state index in [9.17, 15) is 14.4 Å². The molecule has 19 heavy (non-hydrogen) atoms. The Morgan fingerprint density at radius 2 is 1.89 bits per heavy atom. The number of piperidine rings is 1. The number of hydrogen-bond acceptors (Lipinski definition) is 4. The van der Waals surface area contributed by atoms with Gasteiger partial charge in [0.1, 0.15) is 0 Å². The first-order valence-corrected chi connectivity index (χ1v) is 6.02. The molecule has 1 heterocycles. The zero-order valence-electron chi connectivity index (χ0n) is 10.5. The molecule has 0 aliphatic carbocycles. The highest BCUT2D eigenvalue weighted by molar-refractivity contribution is 5.83. The molecule has 1 amide bonds. The van der Waals surface area contributed by atoms with Gasteiger partial charge in [0.2, 0.25) is 5.91 Å². The maximum atomic E-state index is 11.8. The summed E-state index contributed by atoms with van der Waals surface area (Å²) in [6.07, 6.45) is 1.78. The molecule has 7 heteroatoms. The van der Waals surface area contributed by atoms with E-state index >= 15 is 0 Å². The van der Waals surface area contributed by atoms with Crippen molar-refractivity contribution in [3.8, 4) is 0 Å². The van der Waals surface area contributed by atoms with Gasteiger partial charge < -0.3 is 20.4 Å². The highest BCUT2D eigenvalue weighted by Gasteiger charge is 2.39. The Kier molecular flexibility index (Phi) is 5.50. The van der Waals surface area contributed by atoms with E-state index in [-0.39, 0.29) is 32.0 Å². The van der Waals surface area contributed by atoms with Crippen molar-refractivity contribution in [3.05, 3.63) is 12.7 Å². The Labute approximate surface area is 110 Å². The number of carbonyl (C=O) groups is 3. The fourth-order valence-electron chi connectivity index (χ4n) is 2.12. The first kappa shape index (κ1) is 15.2. The Bertz CT molecular complexity index is 382. The molecule has 1 aliphatic heterocycles. The molecular weight excluding hydrogens is 252 g/mol. The number of rotatable bonds is 6. The minimum atomic E-state index is -1.18. The second kappa shape index (κ2) is 6.89. The Morgan fingerprint density at radius 3 is 2.42 bits per heavy atom. The highest BCUT2D eigenvalue weighted by Crippen LogP contribution is 2.24. The van der Waals surface area contributed by atoms with Crippen molar-refractivity contribution < 1.29 is 24.6 Å². The molecule has 1 saturated heterocycles. The van der Waals surface area contributed by atoms with E-state index in [4.69, 9.17) is 10.2 Å². The number of aliphatic carboxylic acids is 2. The molecule has 0 aromatic rings. The van der Waals surface area contributed by atoms with Gasteiger partial charge in [0.05, 0.1) is 18.4 Å². The summed E-state index contributed by atoms with van der Waals surface area (Å²) in [5.41, 5.74) is 0. The SMILES string of the molecule is C=CCNCC(=O)N1CCC(C(=O)O)C(C(=O)O)C1. The van der Waals surface area contributed by atoms with Gasteiger partial charge in [-0.25, -0.2) is 0 Å². The number of amides is 1. The van der Waals surface area contributed by atoms with Crippen LogP contribution in [0, 0.1) is 11.8 Å². The van der Waals surface area contributed by atoms with Crippen LogP contribution in [0.15, 0.2) is 12.7 Å². The molecule has 0 radical (unpaired) electrons. The van der Waals surface area contributed by atoms with Gasteiger partial charge in [0.15, 0.2) is 0 Å². The average Bonchev–Trinajstić information content (AvgIpc) is 2.38. The predicted octanol–water partition coefficient (Wildman–Crippen LogP) is -0.604. The monoisotopic (exact) mass is 270 g/mol. The van der Waals surface area contributed by atoms with Crippen molar-refractivity contribution in [2.45, 2.75) is 6.42 Å². The molecular formula is C12H18N2O5. The lowest BCUT2D eigenvalue weighted by Crippen LogP contribution is -2.50. The molecule has 0 aromatic heterocycles. The fourth-order valence-corrected chi connectivity index (χ4v) is 2.12. The van der Waals surface area contributed by atoms with Crippen LogP contribution >= 0.6 is 0 Å². The third kappa shape index (κ3) is 4.06. The normalized spacial score (nSPS) is 22.8. The van der Waals surface area contributed by atoms with Crippen molar-refractivity contribution in [3.63, 3.8) is 0 Å². The van der Waals surface area contributed by atoms with E-state index in [1.807, 2.05) is 0 Å². The number of carboxylic acids is 2. The van der Waals surface area contributed by atoms with Crippen LogP contribution in [-0.4, -0.2) is 59.1 Å². The largest absolute Gasteiger partial charge is 0.481 e. The lowest BCUT2D eigenvalue weighted by Gasteiger charge is -2.34. The molecule has 3 N–H and O–H groups in total. The van der Waals surface area contributed by atoms with Crippen LogP contribution < -0.4 is 5.32 Å². The van der Waals surface area contributed by atoms with E-state index in [0.717, 1.165) is 0 Å². The van der Waals surface area contributed by atoms with E-state index in [1.165, 1.54) is 4.90 Å². The van der Waals surface area contributed by atoms with Crippen molar-refractivity contribution in [2.24, 2.45) is 11.8 Å². The van der Waals surface area contributed by atoms with Crippen LogP contribution in [0.25, 0.3) is 0 Å².